The second kappa shape index (κ2) is 10.8. The van der Waals surface area contributed by atoms with Gasteiger partial charge in [-0.1, -0.05) is 45.1 Å². The third-order valence-electron chi connectivity index (χ3n) is 5.01. The van der Waals surface area contributed by atoms with Gasteiger partial charge in [0.2, 0.25) is 11.8 Å². The number of hydrogen-bond acceptors (Lipinski definition) is 3. The van der Waals surface area contributed by atoms with E-state index in [1.807, 2.05) is 31.2 Å². The average molecular weight is 360 g/mol. The van der Waals surface area contributed by atoms with E-state index in [0.29, 0.717) is 24.7 Å². The second-order valence-corrected chi connectivity index (χ2v) is 7.19. The molecule has 144 valence electrons. The minimum atomic E-state index is -0.138. The number of amides is 2. The first-order chi connectivity index (χ1) is 12.6. The van der Waals surface area contributed by atoms with Crippen molar-refractivity contribution < 1.29 is 14.3 Å². The minimum Gasteiger partial charge on any atom is -0.493 e. The van der Waals surface area contributed by atoms with Gasteiger partial charge in [-0.05, 0) is 30.9 Å². The number of rotatable bonds is 9. The Labute approximate surface area is 156 Å². The number of anilines is 1. The van der Waals surface area contributed by atoms with Crippen LogP contribution < -0.4 is 15.4 Å². The van der Waals surface area contributed by atoms with Gasteiger partial charge in [-0.15, -0.1) is 0 Å². The molecule has 5 heteroatoms. The molecule has 0 saturated heterocycles. The van der Waals surface area contributed by atoms with Gasteiger partial charge in [0.1, 0.15) is 5.75 Å². The van der Waals surface area contributed by atoms with Crippen LogP contribution in [-0.4, -0.2) is 25.5 Å². The number of carbonyl (C=O) groups excluding carboxylic acids is 2. The molecular formula is C21H32N2O3. The summed E-state index contributed by atoms with van der Waals surface area (Å²) in [5.74, 6) is 1.21. The van der Waals surface area contributed by atoms with Crippen molar-refractivity contribution in [3.8, 4) is 5.75 Å². The van der Waals surface area contributed by atoms with E-state index in [-0.39, 0.29) is 17.7 Å². The second-order valence-electron chi connectivity index (χ2n) is 7.19. The molecule has 0 heterocycles. The zero-order valence-corrected chi connectivity index (χ0v) is 16.1. The molecule has 0 aromatic heterocycles. The summed E-state index contributed by atoms with van der Waals surface area (Å²) in [4.78, 5) is 24.0. The quantitative estimate of drug-likeness (QED) is 0.695. The number of benzene rings is 1. The van der Waals surface area contributed by atoms with Gasteiger partial charge in [0.25, 0.3) is 0 Å². The average Bonchev–Trinajstić information content (AvgIpc) is 2.65. The number of carbonyl (C=O) groups is 2. The third kappa shape index (κ3) is 6.70. The Hall–Kier alpha value is -2.04. The topological polar surface area (TPSA) is 67.4 Å². The standard InChI is InChI=1S/C21H32N2O3/c1-3-8-20(24)23-18-11-7-12-19(14-18)26-15-17(21(25)22-2)13-16-9-5-4-6-10-16/h7,11-12,14,16-17H,3-6,8-10,13,15H2,1-2H3,(H,22,25)(H,23,24). The molecular weight excluding hydrogens is 328 g/mol. The molecule has 1 atom stereocenters. The highest BCUT2D eigenvalue weighted by Gasteiger charge is 2.24. The van der Waals surface area contributed by atoms with Crippen molar-refractivity contribution in [1.29, 1.82) is 0 Å². The largest absolute Gasteiger partial charge is 0.493 e. The van der Waals surface area contributed by atoms with Crippen LogP contribution in [0.1, 0.15) is 58.3 Å². The van der Waals surface area contributed by atoms with Crippen LogP contribution in [0.4, 0.5) is 5.69 Å². The van der Waals surface area contributed by atoms with Gasteiger partial charge in [0, 0.05) is 25.2 Å². The fourth-order valence-electron chi connectivity index (χ4n) is 3.59. The van der Waals surface area contributed by atoms with Gasteiger partial charge in [-0.3, -0.25) is 9.59 Å². The molecule has 0 radical (unpaired) electrons. The molecule has 1 aromatic rings. The first kappa shape index (κ1) is 20.3. The summed E-state index contributed by atoms with van der Waals surface area (Å²) >= 11 is 0. The van der Waals surface area contributed by atoms with Crippen molar-refractivity contribution in [2.24, 2.45) is 11.8 Å². The molecule has 5 nitrogen and oxygen atoms in total. The molecule has 0 spiro atoms. The lowest BCUT2D eigenvalue weighted by molar-refractivity contribution is -0.126. The van der Waals surface area contributed by atoms with E-state index < -0.39 is 0 Å². The smallest absolute Gasteiger partial charge is 0.226 e. The van der Waals surface area contributed by atoms with Crippen molar-refractivity contribution in [3.63, 3.8) is 0 Å². The summed E-state index contributed by atoms with van der Waals surface area (Å²) in [5, 5.41) is 5.64. The van der Waals surface area contributed by atoms with E-state index in [0.717, 1.165) is 18.5 Å². The maximum absolute atomic E-state index is 12.2. The lowest BCUT2D eigenvalue weighted by atomic mass is 9.82. The molecule has 26 heavy (non-hydrogen) atoms. The SMILES string of the molecule is CCCC(=O)Nc1cccc(OCC(CC2CCCCC2)C(=O)NC)c1. The molecule has 1 fully saturated rings. The van der Waals surface area contributed by atoms with Crippen molar-refractivity contribution in [1.82, 2.24) is 5.32 Å². The first-order valence-electron chi connectivity index (χ1n) is 9.86. The number of ether oxygens (including phenoxy) is 1. The Morgan fingerprint density at radius 2 is 2.00 bits per heavy atom. The summed E-state index contributed by atoms with van der Waals surface area (Å²) in [7, 11) is 1.68. The maximum Gasteiger partial charge on any atom is 0.226 e. The summed E-state index contributed by atoms with van der Waals surface area (Å²) in [6.45, 7) is 2.34. The highest BCUT2D eigenvalue weighted by Crippen LogP contribution is 2.29. The minimum absolute atomic E-state index is 0.00480. The van der Waals surface area contributed by atoms with Crippen LogP contribution >= 0.6 is 0 Å². The van der Waals surface area contributed by atoms with Crippen LogP contribution in [0.3, 0.4) is 0 Å². The monoisotopic (exact) mass is 360 g/mol. The van der Waals surface area contributed by atoms with Gasteiger partial charge in [0.15, 0.2) is 0 Å². The van der Waals surface area contributed by atoms with Crippen molar-refractivity contribution in [3.05, 3.63) is 24.3 Å². The van der Waals surface area contributed by atoms with Crippen LogP contribution in [-0.2, 0) is 9.59 Å². The number of hydrogen-bond donors (Lipinski definition) is 2. The lowest BCUT2D eigenvalue weighted by Gasteiger charge is -2.25. The lowest BCUT2D eigenvalue weighted by Crippen LogP contribution is -2.33. The van der Waals surface area contributed by atoms with Gasteiger partial charge in [0.05, 0.1) is 12.5 Å². The third-order valence-corrected chi connectivity index (χ3v) is 5.01. The zero-order valence-electron chi connectivity index (χ0n) is 16.1. The highest BCUT2D eigenvalue weighted by molar-refractivity contribution is 5.90. The van der Waals surface area contributed by atoms with E-state index in [2.05, 4.69) is 10.6 Å². The zero-order chi connectivity index (χ0) is 18.8. The fraction of sp³-hybridized carbons (Fsp3) is 0.619. The van der Waals surface area contributed by atoms with Crippen molar-refractivity contribution >= 4 is 17.5 Å². The Bertz CT molecular complexity index is 582. The van der Waals surface area contributed by atoms with Crippen LogP contribution in [0.5, 0.6) is 5.75 Å². The Balaban J connectivity index is 1.92. The predicted molar refractivity (Wildman–Crippen MR) is 104 cm³/mol. The maximum atomic E-state index is 12.2. The van der Waals surface area contributed by atoms with E-state index in [1.54, 1.807) is 7.05 Å². The van der Waals surface area contributed by atoms with E-state index in [4.69, 9.17) is 4.74 Å². The van der Waals surface area contributed by atoms with E-state index >= 15 is 0 Å². The van der Waals surface area contributed by atoms with Crippen molar-refractivity contribution in [2.75, 3.05) is 19.0 Å². The molecule has 1 saturated carbocycles. The molecule has 2 N–H and O–H groups in total. The van der Waals surface area contributed by atoms with Crippen molar-refractivity contribution in [2.45, 2.75) is 58.3 Å². The molecule has 0 aliphatic heterocycles. The number of nitrogens with one attached hydrogen (secondary N) is 2. The molecule has 0 bridgehead atoms. The van der Waals surface area contributed by atoms with E-state index in [1.165, 1.54) is 32.1 Å². The fourth-order valence-corrected chi connectivity index (χ4v) is 3.59. The first-order valence-corrected chi connectivity index (χ1v) is 9.86. The molecule has 1 unspecified atom stereocenters. The summed E-state index contributed by atoms with van der Waals surface area (Å²) < 4.78 is 5.90. The molecule has 1 aliphatic rings. The van der Waals surface area contributed by atoms with Gasteiger partial charge >= 0.3 is 0 Å². The van der Waals surface area contributed by atoms with Crippen LogP contribution in [0, 0.1) is 11.8 Å². The van der Waals surface area contributed by atoms with Crippen LogP contribution in [0.2, 0.25) is 0 Å². The molecule has 1 aromatic carbocycles. The van der Waals surface area contributed by atoms with Gasteiger partial charge in [-0.2, -0.15) is 0 Å². The summed E-state index contributed by atoms with van der Waals surface area (Å²) in [5.41, 5.74) is 0.727. The predicted octanol–water partition coefficient (Wildman–Crippen LogP) is 4.14. The molecule has 1 aliphatic carbocycles. The Kier molecular flexibility index (Phi) is 8.45. The normalized spacial score (nSPS) is 15.9. The Morgan fingerprint density at radius 1 is 1.23 bits per heavy atom. The van der Waals surface area contributed by atoms with Gasteiger partial charge in [-0.25, -0.2) is 0 Å². The summed E-state index contributed by atoms with van der Waals surface area (Å²) in [6.07, 6.45) is 8.48. The highest BCUT2D eigenvalue weighted by atomic mass is 16.5. The van der Waals surface area contributed by atoms with Gasteiger partial charge < -0.3 is 15.4 Å². The van der Waals surface area contributed by atoms with Crippen LogP contribution in [0.15, 0.2) is 24.3 Å². The van der Waals surface area contributed by atoms with E-state index in [9.17, 15) is 9.59 Å². The Morgan fingerprint density at radius 3 is 2.69 bits per heavy atom. The molecule has 2 amide bonds. The molecule has 2 rings (SSSR count). The van der Waals surface area contributed by atoms with Crippen LogP contribution in [0.25, 0.3) is 0 Å². The summed E-state index contributed by atoms with van der Waals surface area (Å²) in [6, 6.07) is 7.37.